The van der Waals surface area contributed by atoms with E-state index in [0.29, 0.717) is 17.2 Å². The summed E-state index contributed by atoms with van der Waals surface area (Å²) in [7, 11) is 0. The molecule has 0 aliphatic carbocycles. The lowest BCUT2D eigenvalue weighted by Crippen LogP contribution is -2.42. The first kappa shape index (κ1) is 16.8. The first-order valence-corrected chi connectivity index (χ1v) is 7.10. The van der Waals surface area contributed by atoms with Gasteiger partial charge in [-0.2, -0.15) is 0 Å². The van der Waals surface area contributed by atoms with Crippen molar-refractivity contribution in [3.63, 3.8) is 0 Å². The van der Waals surface area contributed by atoms with Crippen LogP contribution in [-0.4, -0.2) is 29.8 Å². The third kappa shape index (κ3) is 5.80. The van der Waals surface area contributed by atoms with Gasteiger partial charge < -0.3 is 15.2 Å². The Balaban J connectivity index is 2.42. The number of carbonyl (C=O) groups is 1. The monoisotopic (exact) mass is 299 g/mol. The van der Waals surface area contributed by atoms with E-state index in [0.717, 1.165) is 12.0 Å². The Bertz CT molecular complexity index is 460. The van der Waals surface area contributed by atoms with E-state index in [9.17, 15) is 9.90 Å². The summed E-state index contributed by atoms with van der Waals surface area (Å²) in [6.45, 7) is 5.70. The minimum Gasteiger partial charge on any atom is -0.482 e. The number of aliphatic hydroxyl groups is 1. The summed E-state index contributed by atoms with van der Waals surface area (Å²) in [5.74, 6) is 0.209. The van der Waals surface area contributed by atoms with Crippen LogP contribution in [0, 0.1) is 6.92 Å². The van der Waals surface area contributed by atoms with Gasteiger partial charge in [-0.3, -0.25) is 4.79 Å². The van der Waals surface area contributed by atoms with Crippen LogP contribution in [0.3, 0.4) is 0 Å². The number of halogens is 1. The zero-order chi connectivity index (χ0) is 15.2. The maximum Gasteiger partial charge on any atom is 0.258 e. The molecule has 0 fully saturated rings. The number of ether oxygens (including phenoxy) is 1. The minimum absolute atomic E-state index is 0.120. The molecule has 1 unspecified atom stereocenters. The molecule has 0 bridgehead atoms. The van der Waals surface area contributed by atoms with Crippen molar-refractivity contribution >= 4 is 17.5 Å². The highest BCUT2D eigenvalue weighted by Gasteiger charge is 2.19. The molecule has 0 aliphatic rings. The lowest BCUT2D eigenvalue weighted by molar-refractivity contribution is -0.124. The smallest absolute Gasteiger partial charge is 0.258 e. The van der Waals surface area contributed by atoms with Gasteiger partial charge in [-0.15, -0.1) is 0 Å². The molecule has 0 radical (unpaired) electrons. The minimum atomic E-state index is -0.884. The van der Waals surface area contributed by atoms with Gasteiger partial charge in [0.25, 0.3) is 5.91 Å². The van der Waals surface area contributed by atoms with Gasteiger partial charge in [-0.1, -0.05) is 31.0 Å². The molecule has 1 atom stereocenters. The van der Waals surface area contributed by atoms with Crippen LogP contribution in [0.5, 0.6) is 5.75 Å². The van der Waals surface area contributed by atoms with Crippen molar-refractivity contribution < 1.29 is 14.6 Å². The summed E-state index contributed by atoms with van der Waals surface area (Å²) >= 11 is 5.97. The standard InChI is InChI=1S/C15H22ClNO3/c1-4-7-15(3,19)10-17-14(18)9-20-13-8-11(2)5-6-12(13)16/h5-6,8,19H,4,7,9-10H2,1-3H3,(H,17,18). The fourth-order valence-corrected chi connectivity index (χ4v) is 2.00. The molecule has 0 aromatic heterocycles. The van der Waals surface area contributed by atoms with Crippen LogP contribution in [0.2, 0.25) is 5.02 Å². The van der Waals surface area contributed by atoms with Crippen molar-refractivity contribution in [2.24, 2.45) is 0 Å². The third-order valence-corrected chi connectivity index (χ3v) is 3.21. The highest BCUT2D eigenvalue weighted by Crippen LogP contribution is 2.25. The SMILES string of the molecule is CCCC(C)(O)CNC(=O)COc1cc(C)ccc1Cl. The van der Waals surface area contributed by atoms with Crippen LogP contribution >= 0.6 is 11.6 Å². The summed E-state index contributed by atoms with van der Waals surface area (Å²) in [4.78, 5) is 11.7. The third-order valence-electron chi connectivity index (χ3n) is 2.90. The van der Waals surface area contributed by atoms with Gasteiger partial charge in [0.15, 0.2) is 6.61 Å². The molecule has 0 heterocycles. The van der Waals surface area contributed by atoms with E-state index in [1.165, 1.54) is 0 Å². The van der Waals surface area contributed by atoms with E-state index in [-0.39, 0.29) is 19.1 Å². The van der Waals surface area contributed by atoms with Crippen molar-refractivity contribution in [1.29, 1.82) is 0 Å². The van der Waals surface area contributed by atoms with E-state index in [1.54, 1.807) is 19.1 Å². The number of nitrogens with one attached hydrogen (secondary N) is 1. The summed E-state index contributed by atoms with van der Waals surface area (Å²) in [5.41, 5.74) is 0.126. The zero-order valence-corrected chi connectivity index (χ0v) is 13.0. The molecular formula is C15H22ClNO3. The van der Waals surface area contributed by atoms with Crippen LogP contribution in [0.15, 0.2) is 18.2 Å². The molecule has 112 valence electrons. The lowest BCUT2D eigenvalue weighted by Gasteiger charge is -2.22. The first-order valence-electron chi connectivity index (χ1n) is 6.72. The molecular weight excluding hydrogens is 278 g/mol. The number of hydrogen-bond donors (Lipinski definition) is 2. The predicted molar refractivity (Wildman–Crippen MR) is 80.2 cm³/mol. The Morgan fingerprint density at radius 3 is 2.85 bits per heavy atom. The molecule has 0 spiro atoms. The summed E-state index contributed by atoms with van der Waals surface area (Å²) in [6.07, 6.45) is 1.50. The normalized spacial score (nSPS) is 13.7. The molecule has 5 heteroatoms. The fourth-order valence-electron chi connectivity index (χ4n) is 1.83. The summed E-state index contributed by atoms with van der Waals surface area (Å²) in [5, 5.41) is 13.1. The summed E-state index contributed by atoms with van der Waals surface area (Å²) < 4.78 is 5.38. The molecule has 0 saturated heterocycles. The Morgan fingerprint density at radius 1 is 1.50 bits per heavy atom. The maximum atomic E-state index is 11.7. The maximum absolute atomic E-state index is 11.7. The molecule has 1 amide bonds. The van der Waals surface area contributed by atoms with Crippen molar-refractivity contribution in [3.05, 3.63) is 28.8 Å². The predicted octanol–water partition coefficient (Wildman–Crippen LogP) is 2.69. The molecule has 4 nitrogen and oxygen atoms in total. The highest BCUT2D eigenvalue weighted by atomic mass is 35.5. The van der Waals surface area contributed by atoms with E-state index < -0.39 is 5.60 Å². The number of rotatable bonds is 7. The highest BCUT2D eigenvalue weighted by molar-refractivity contribution is 6.32. The number of hydrogen-bond acceptors (Lipinski definition) is 3. The van der Waals surface area contributed by atoms with Crippen LogP contribution in [-0.2, 0) is 4.79 Å². The van der Waals surface area contributed by atoms with Gasteiger partial charge in [0.2, 0.25) is 0 Å². The average Bonchev–Trinajstić information content (AvgIpc) is 2.37. The number of amides is 1. The molecule has 2 N–H and O–H groups in total. The molecule has 1 aromatic rings. The molecule has 1 rings (SSSR count). The molecule has 1 aromatic carbocycles. The summed E-state index contributed by atoms with van der Waals surface area (Å²) in [6, 6.07) is 5.39. The second kappa shape index (κ2) is 7.50. The largest absolute Gasteiger partial charge is 0.482 e. The van der Waals surface area contributed by atoms with Crippen molar-refractivity contribution in [2.75, 3.05) is 13.2 Å². The van der Waals surface area contributed by atoms with Crippen molar-refractivity contribution in [2.45, 2.75) is 39.2 Å². The zero-order valence-electron chi connectivity index (χ0n) is 12.2. The Hall–Kier alpha value is -1.26. The molecule has 0 saturated carbocycles. The Kier molecular flexibility index (Phi) is 6.30. The number of carbonyl (C=O) groups excluding carboxylic acids is 1. The van der Waals surface area contributed by atoms with Gasteiger partial charge in [-0.25, -0.2) is 0 Å². The average molecular weight is 300 g/mol. The number of benzene rings is 1. The Labute approximate surface area is 125 Å². The van der Waals surface area contributed by atoms with E-state index in [2.05, 4.69) is 5.32 Å². The van der Waals surface area contributed by atoms with Gasteiger partial charge in [-0.05, 0) is 38.0 Å². The van der Waals surface area contributed by atoms with Crippen LogP contribution in [0.4, 0.5) is 0 Å². The van der Waals surface area contributed by atoms with Crippen molar-refractivity contribution in [3.8, 4) is 5.75 Å². The second-order valence-corrected chi connectivity index (χ2v) is 5.65. The van der Waals surface area contributed by atoms with Gasteiger partial charge in [0.05, 0.1) is 10.6 Å². The van der Waals surface area contributed by atoms with E-state index >= 15 is 0 Å². The lowest BCUT2D eigenvalue weighted by atomic mass is 10.0. The number of aryl methyl sites for hydroxylation is 1. The Morgan fingerprint density at radius 2 is 2.20 bits per heavy atom. The topological polar surface area (TPSA) is 58.6 Å². The molecule has 20 heavy (non-hydrogen) atoms. The molecule has 0 aliphatic heterocycles. The van der Waals surface area contributed by atoms with Crippen LogP contribution in [0.25, 0.3) is 0 Å². The van der Waals surface area contributed by atoms with Gasteiger partial charge in [0, 0.05) is 6.54 Å². The quantitative estimate of drug-likeness (QED) is 0.814. The van der Waals surface area contributed by atoms with E-state index in [4.69, 9.17) is 16.3 Å². The second-order valence-electron chi connectivity index (χ2n) is 5.25. The van der Waals surface area contributed by atoms with Crippen molar-refractivity contribution in [1.82, 2.24) is 5.32 Å². The first-order chi connectivity index (χ1) is 9.34. The fraction of sp³-hybridized carbons (Fsp3) is 0.533. The van der Waals surface area contributed by atoms with Crippen LogP contribution in [0.1, 0.15) is 32.3 Å². The van der Waals surface area contributed by atoms with Gasteiger partial charge >= 0.3 is 0 Å². The van der Waals surface area contributed by atoms with Gasteiger partial charge in [0.1, 0.15) is 5.75 Å². The van der Waals surface area contributed by atoms with E-state index in [1.807, 2.05) is 19.9 Å². The van der Waals surface area contributed by atoms with Crippen LogP contribution < -0.4 is 10.1 Å².